The van der Waals surface area contributed by atoms with Gasteiger partial charge in [0.15, 0.2) is 0 Å². The largest absolute Gasteiger partial charge is 0.488 e. The van der Waals surface area contributed by atoms with Crippen molar-refractivity contribution in [2.24, 2.45) is 5.10 Å². The van der Waals surface area contributed by atoms with Gasteiger partial charge >= 0.3 is 0 Å². The van der Waals surface area contributed by atoms with Crippen LogP contribution in [0.25, 0.3) is 22.2 Å². The Hall–Kier alpha value is -5.28. The van der Waals surface area contributed by atoms with Crippen LogP contribution in [0.2, 0.25) is 0 Å². The van der Waals surface area contributed by atoms with Gasteiger partial charge < -0.3 is 4.74 Å². The maximum atomic E-state index is 13.2. The Morgan fingerprint density at radius 1 is 0.919 bits per heavy atom. The van der Waals surface area contributed by atoms with Crippen LogP contribution in [0.3, 0.4) is 0 Å². The molecule has 5 rings (SSSR count). The highest BCUT2D eigenvalue weighted by Crippen LogP contribution is 2.25. The molecule has 1 heterocycles. The number of nitrogens with zero attached hydrogens (tertiary/aromatic N) is 3. The van der Waals surface area contributed by atoms with Crippen LogP contribution in [0.5, 0.6) is 5.75 Å². The monoisotopic (exact) mass is 482 g/mol. The van der Waals surface area contributed by atoms with Gasteiger partial charge in [0.05, 0.1) is 34.6 Å². The Morgan fingerprint density at radius 3 is 2.51 bits per heavy atom. The first-order chi connectivity index (χ1) is 18.2. The zero-order valence-electron chi connectivity index (χ0n) is 19.8. The molecule has 1 amide bonds. The van der Waals surface area contributed by atoms with Crippen LogP contribution in [0.1, 0.15) is 27.0 Å². The summed E-state index contributed by atoms with van der Waals surface area (Å²) in [5.74, 6) is 0.252. The number of rotatable bonds is 7. The number of amides is 1. The summed E-state index contributed by atoms with van der Waals surface area (Å²) in [6.45, 7) is 0.242. The normalized spacial score (nSPS) is 10.8. The van der Waals surface area contributed by atoms with E-state index < -0.39 is 0 Å². The number of nitrogens with one attached hydrogen (secondary N) is 1. The minimum Gasteiger partial charge on any atom is -0.488 e. The number of ether oxygens (including phenoxy) is 1. The van der Waals surface area contributed by atoms with Crippen LogP contribution in [0.4, 0.5) is 0 Å². The fourth-order valence-corrected chi connectivity index (χ4v) is 3.97. The molecule has 5 aromatic rings. The molecule has 0 unspecified atom stereocenters. The molecule has 0 saturated heterocycles. The molecule has 0 radical (unpaired) electrons. The van der Waals surface area contributed by atoms with Crippen molar-refractivity contribution >= 4 is 23.0 Å². The molecule has 0 spiro atoms. The Labute approximate surface area is 214 Å². The van der Waals surface area contributed by atoms with Gasteiger partial charge in [-0.15, -0.1) is 0 Å². The van der Waals surface area contributed by atoms with E-state index in [9.17, 15) is 10.1 Å². The van der Waals surface area contributed by atoms with Gasteiger partial charge in [-0.05, 0) is 30.3 Å². The Kier molecular flexibility index (Phi) is 6.96. The number of pyridine rings is 1. The molecule has 37 heavy (non-hydrogen) atoms. The van der Waals surface area contributed by atoms with Gasteiger partial charge in [0.2, 0.25) is 0 Å². The summed E-state index contributed by atoms with van der Waals surface area (Å²) < 4.78 is 5.97. The van der Waals surface area contributed by atoms with Crippen molar-refractivity contribution in [2.75, 3.05) is 0 Å². The topological polar surface area (TPSA) is 87.4 Å². The Morgan fingerprint density at radius 2 is 1.65 bits per heavy atom. The second kappa shape index (κ2) is 11.0. The highest BCUT2D eigenvalue weighted by molar-refractivity contribution is 6.07. The number of fused-ring (bicyclic) bond motifs is 1. The third kappa shape index (κ3) is 5.37. The first kappa shape index (κ1) is 23.5. The van der Waals surface area contributed by atoms with Gasteiger partial charge in [-0.2, -0.15) is 10.4 Å². The van der Waals surface area contributed by atoms with Gasteiger partial charge in [-0.25, -0.2) is 10.4 Å². The number of benzene rings is 4. The molecule has 0 aliphatic heterocycles. The fourth-order valence-electron chi connectivity index (χ4n) is 3.97. The summed E-state index contributed by atoms with van der Waals surface area (Å²) in [6.07, 6.45) is 1.55. The molecule has 0 saturated carbocycles. The van der Waals surface area contributed by atoms with E-state index in [2.05, 4.69) is 16.6 Å². The molecular formula is C31H22N4O2. The van der Waals surface area contributed by atoms with Gasteiger partial charge in [0, 0.05) is 22.1 Å². The third-order valence-corrected chi connectivity index (χ3v) is 5.84. The highest BCUT2D eigenvalue weighted by Gasteiger charge is 2.13. The molecule has 6 heteroatoms. The van der Waals surface area contributed by atoms with Crippen LogP contribution >= 0.6 is 0 Å². The van der Waals surface area contributed by atoms with Crippen molar-refractivity contribution in [1.29, 1.82) is 5.26 Å². The van der Waals surface area contributed by atoms with Crippen LogP contribution < -0.4 is 10.2 Å². The molecule has 0 atom stereocenters. The van der Waals surface area contributed by atoms with Crippen molar-refractivity contribution < 1.29 is 9.53 Å². The molecule has 1 N–H and O–H groups in total. The Balaban J connectivity index is 1.36. The van der Waals surface area contributed by atoms with Crippen molar-refractivity contribution in [1.82, 2.24) is 10.4 Å². The van der Waals surface area contributed by atoms with Crippen LogP contribution in [-0.2, 0) is 6.61 Å². The molecule has 0 bridgehead atoms. The van der Waals surface area contributed by atoms with E-state index in [1.807, 2.05) is 97.1 Å². The lowest BCUT2D eigenvalue weighted by atomic mass is 10.0. The van der Waals surface area contributed by atoms with Gasteiger partial charge in [0.25, 0.3) is 5.91 Å². The number of hydrogen-bond donors (Lipinski definition) is 1. The molecule has 1 aromatic heterocycles. The second-order valence-electron chi connectivity index (χ2n) is 8.23. The number of hydrazone groups is 1. The minimum absolute atomic E-state index is 0.242. The predicted molar refractivity (Wildman–Crippen MR) is 144 cm³/mol. The Bertz CT molecular complexity index is 1640. The number of carbonyl (C=O) groups excluding carboxylic acids is 1. The summed E-state index contributed by atoms with van der Waals surface area (Å²) in [6, 6.07) is 35.9. The third-order valence-electron chi connectivity index (χ3n) is 5.84. The van der Waals surface area contributed by atoms with Crippen molar-refractivity contribution in [3.05, 3.63) is 131 Å². The smallest absolute Gasteiger partial charge is 0.272 e. The molecule has 0 aliphatic rings. The van der Waals surface area contributed by atoms with Gasteiger partial charge in [-0.3, -0.25) is 4.79 Å². The number of para-hydroxylation sites is 2. The van der Waals surface area contributed by atoms with E-state index in [1.54, 1.807) is 18.3 Å². The lowest BCUT2D eigenvalue weighted by Gasteiger charge is -2.10. The first-order valence-electron chi connectivity index (χ1n) is 11.7. The lowest BCUT2D eigenvalue weighted by Crippen LogP contribution is -2.18. The van der Waals surface area contributed by atoms with E-state index >= 15 is 0 Å². The van der Waals surface area contributed by atoms with Gasteiger partial charge in [0.1, 0.15) is 12.4 Å². The summed E-state index contributed by atoms with van der Waals surface area (Å²) in [4.78, 5) is 17.9. The van der Waals surface area contributed by atoms with E-state index in [1.165, 1.54) is 0 Å². The average molecular weight is 483 g/mol. The quantitative estimate of drug-likeness (QED) is 0.224. The van der Waals surface area contributed by atoms with E-state index in [4.69, 9.17) is 9.72 Å². The summed E-state index contributed by atoms with van der Waals surface area (Å²) >= 11 is 0. The standard InChI is InChI=1S/C31H22N4O2/c32-19-23-12-4-5-14-25(23)21-37-30-17-9-6-13-24(30)20-33-35-31(36)27-18-29(22-10-2-1-3-11-22)34-28-16-8-7-15-26(27)28/h1-18,20H,21H2,(H,35,36)/b33-20-. The average Bonchev–Trinajstić information content (AvgIpc) is 2.96. The summed E-state index contributed by atoms with van der Waals surface area (Å²) in [5.41, 5.74) is 7.56. The molecule has 0 aliphatic carbocycles. The molecular weight excluding hydrogens is 460 g/mol. The number of nitriles is 1. The van der Waals surface area contributed by atoms with E-state index in [-0.39, 0.29) is 12.5 Å². The van der Waals surface area contributed by atoms with E-state index in [0.29, 0.717) is 28.1 Å². The zero-order chi connectivity index (χ0) is 25.5. The van der Waals surface area contributed by atoms with Crippen molar-refractivity contribution in [3.63, 3.8) is 0 Å². The number of aromatic nitrogens is 1. The van der Waals surface area contributed by atoms with E-state index in [0.717, 1.165) is 22.0 Å². The SMILES string of the molecule is N#Cc1ccccc1COc1ccccc1/C=N\NC(=O)c1cc(-c2ccccc2)nc2ccccc12. The molecule has 0 fully saturated rings. The molecule has 4 aromatic carbocycles. The first-order valence-corrected chi connectivity index (χ1v) is 11.7. The summed E-state index contributed by atoms with van der Waals surface area (Å²) in [5, 5.41) is 14.3. The van der Waals surface area contributed by atoms with Crippen LogP contribution in [-0.4, -0.2) is 17.1 Å². The van der Waals surface area contributed by atoms with Crippen molar-refractivity contribution in [2.45, 2.75) is 6.61 Å². The van der Waals surface area contributed by atoms with Crippen LogP contribution in [0, 0.1) is 11.3 Å². The maximum absolute atomic E-state index is 13.2. The second-order valence-corrected chi connectivity index (χ2v) is 8.23. The molecule has 178 valence electrons. The minimum atomic E-state index is -0.339. The van der Waals surface area contributed by atoms with Crippen LogP contribution in [0.15, 0.2) is 114 Å². The predicted octanol–water partition coefficient (Wildman–Crippen LogP) is 6.12. The highest BCUT2D eigenvalue weighted by atomic mass is 16.5. The fraction of sp³-hybridized carbons (Fsp3) is 0.0323. The number of carbonyl (C=O) groups is 1. The van der Waals surface area contributed by atoms with Crippen molar-refractivity contribution in [3.8, 4) is 23.1 Å². The maximum Gasteiger partial charge on any atom is 0.272 e. The molecule has 6 nitrogen and oxygen atoms in total. The summed E-state index contributed by atoms with van der Waals surface area (Å²) in [7, 11) is 0. The zero-order valence-corrected chi connectivity index (χ0v) is 19.8. The lowest BCUT2D eigenvalue weighted by molar-refractivity contribution is 0.0956. The number of hydrogen-bond acceptors (Lipinski definition) is 5. The van der Waals surface area contributed by atoms with Gasteiger partial charge in [-0.1, -0.05) is 78.9 Å².